The first-order valence-electron chi connectivity index (χ1n) is 5.98. The largest absolute Gasteiger partial charge is 0.379 e. The van der Waals surface area contributed by atoms with Crippen molar-refractivity contribution in [2.24, 2.45) is 12.8 Å². The van der Waals surface area contributed by atoms with Crippen LogP contribution in [0.3, 0.4) is 0 Å². The van der Waals surface area contributed by atoms with Crippen molar-refractivity contribution in [3.63, 3.8) is 0 Å². The van der Waals surface area contributed by atoms with Gasteiger partial charge in [-0.25, -0.2) is 9.37 Å². The maximum atomic E-state index is 13.2. The fraction of sp³-hybridized carbons (Fsp3) is 0.462. The molecule has 0 radical (unpaired) electrons. The summed E-state index contributed by atoms with van der Waals surface area (Å²) < 4.78 is 20.7. The highest BCUT2D eigenvalue weighted by Gasteiger charge is 2.42. The molecule has 3 rings (SSSR count). The summed E-state index contributed by atoms with van der Waals surface area (Å²) in [5.74, 6) is 0.581. The van der Waals surface area contributed by atoms with Crippen LogP contribution in [0.4, 0.5) is 4.39 Å². The van der Waals surface area contributed by atoms with Gasteiger partial charge < -0.3 is 15.0 Å². The quantitative estimate of drug-likeness (QED) is 0.829. The minimum atomic E-state index is -0.315. The van der Waals surface area contributed by atoms with E-state index in [-0.39, 0.29) is 17.3 Å². The molecule has 5 heteroatoms. The molecule has 1 fully saturated rings. The zero-order chi connectivity index (χ0) is 12.9. The van der Waals surface area contributed by atoms with Crippen LogP contribution in [0.15, 0.2) is 18.2 Å². The van der Waals surface area contributed by atoms with Gasteiger partial charge in [0.25, 0.3) is 0 Å². The number of nitrogens with two attached hydrogens (primary N) is 1. The predicted octanol–water partition coefficient (Wildman–Crippen LogP) is 1.33. The average Bonchev–Trinajstić information content (AvgIpc) is 2.82. The third kappa shape index (κ3) is 1.47. The number of aryl methyl sites for hydroxylation is 1. The van der Waals surface area contributed by atoms with Gasteiger partial charge in [-0.3, -0.25) is 0 Å². The standard InChI is InChI=1S/C13H16FN3O/c1-13(7-18-6-11(13)15)12-16-9-5-8(14)3-4-10(9)17(12)2/h3-5,11H,6-7,15H2,1-2H3. The molecule has 2 atom stereocenters. The molecule has 1 aromatic carbocycles. The zero-order valence-corrected chi connectivity index (χ0v) is 10.5. The molecule has 1 aromatic heterocycles. The van der Waals surface area contributed by atoms with Gasteiger partial charge in [0.1, 0.15) is 11.6 Å². The first kappa shape index (κ1) is 11.6. The number of ether oxygens (including phenoxy) is 1. The summed E-state index contributed by atoms with van der Waals surface area (Å²) in [6.45, 7) is 3.13. The first-order chi connectivity index (χ1) is 8.52. The van der Waals surface area contributed by atoms with Gasteiger partial charge in [-0.05, 0) is 19.1 Å². The van der Waals surface area contributed by atoms with Crippen LogP contribution in [0.2, 0.25) is 0 Å². The van der Waals surface area contributed by atoms with Crippen molar-refractivity contribution in [1.29, 1.82) is 0 Å². The van der Waals surface area contributed by atoms with Crippen LogP contribution in [-0.2, 0) is 17.2 Å². The lowest BCUT2D eigenvalue weighted by Crippen LogP contribution is -2.43. The van der Waals surface area contributed by atoms with Gasteiger partial charge in [-0.2, -0.15) is 0 Å². The van der Waals surface area contributed by atoms with Crippen LogP contribution in [0.5, 0.6) is 0 Å². The second-order valence-electron chi connectivity index (χ2n) is 5.17. The van der Waals surface area contributed by atoms with E-state index >= 15 is 0 Å². The third-order valence-corrected chi connectivity index (χ3v) is 3.87. The lowest BCUT2D eigenvalue weighted by atomic mass is 9.85. The average molecular weight is 249 g/mol. The molecule has 96 valence electrons. The van der Waals surface area contributed by atoms with Crippen LogP contribution in [0.1, 0.15) is 12.7 Å². The van der Waals surface area contributed by atoms with Crippen LogP contribution in [0, 0.1) is 5.82 Å². The maximum Gasteiger partial charge on any atom is 0.125 e. The molecule has 0 amide bonds. The number of halogens is 1. The van der Waals surface area contributed by atoms with Gasteiger partial charge in [0, 0.05) is 19.2 Å². The lowest BCUT2D eigenvalue weighted by Gasteiger charge is -2.26. The van der Waals surface area contributed by atoms with E-state index in [2.05, 4.69) is 4.98 Å². The number of nitrogens with zero attached hydrogens (tertiary/aromatic N) is 2. The number of benzene rings is 1. The van der Waals surface area contributed by atoms with Crippen molar-refractivity contribution in [2.45, 2.75) is 18.4 Å². The molecule has 0 bridgehead atoms. The van der Waals surface area contributed by atoms with E-state index in [1.54, 1.807) is 6.07 Å². The Morgan fingerprint density at radius 3 is 3.00 bits per heavy atom. The molecular weight excluding hydrogens is 233 g/mol. The van der Waals surface area contributed by atoms with E-state index in [0.29, 0.717) is 18.7 Å². The third-order valence-electron chi connectivity index (χ3n) is 3.87. The van der Waals surface area contributed by atoms with Crippen molar-refractivity contribution >= 4 is 11.0 Å². The second-order valence-corrected chi connectivity index (χ2v) is 5.17. The molecule has 4 nitrogen and oxygen atoms in total. The Labute approximate surface area is 105 Å². The predicted molar refractivity (Wildman–Crippen MR) is 66.8 cm³/mol. The zero-order valence-electron chi connectivity index (χ0n) is 10.5. The summed E-state index contributed by atoms with van der Waals surface area (Å²) >= 11 is 0. The topological polar surface area (TPSA) is 53.1 Å². The highest BCUT2D eigenvalue weighted by molar-refractivity contribution is 5.76. The van der Waals surface area contributed by atoms with Crippen molar-refractivity contribution < 1.29 is 9.13 Å². The van der Waals surface area contributed by atoms with E-state index in [4.69, 9.17) is 10.5 Å². The number of fused-ring (bicyclic) bond motifs is 1. The minimum Gasteiger partial charge on any atom is -0.379 e. The molecule has 2 heterocycles. The van der Waals surface area contributed by atoms with Crippen molar-refractivity contribution in [2.75, 3.05) is 13.2 Å². The summed E-state index contributed by atoms with van der Waals surface area (Å²) in [6.07, 6.45) is 0. The van der Waals surface area contributed by atoms with Gasteiger partial charge in [0.2, 0.25) is 0 Å². The molecule has 1 aliphatic rings. The number of hydrogen-bond acceptors (Lipinski definition) is 3. The fourth-order valence-corrected chi connectivity index (χ4v) is 2.60. The Kier molecular flexibility index (Phi) is 2.43. The summed E-state index contributed by atoms with van der Waals surface area (Å²) in [6, 6.07) is 4.55. The summed E-state index contributed by atoms with van der Waals surface area (Å²) in [5.41, 5.74) is 7.37. The Hall–Kier alpha value is -1.46. The Morgan fingerprint density at radius 2 is 2.33 bits per heavy atom. The minimum absolute atomic E-state index is 0.0853. The maximum absolute atomic E-state index is 13.2. The monoisotopic (exact) mass is 249 g/mol. The highest BCUT2D eigenvalue weighted by Crippen LogP contribution is 2.33. The van der Waals surface area contributed by atoms with Gasteiger partial charge >= 0.3 is 0 Å². The van der Waals surface area contributed by atoms with Gasteiger partial charge in [0.15, 0.2) is 0 Å². The Balaban J connectivity index is 2.21. The normalized spacial score (nSPS) is 28.1. The van der Waals surface area contributed by atoms with E-state index in [1.807, 2.05) is 18.5 Å². The van der Waals surface area contributed by atoms with Crippen LogP contribution < -0.4 is 5.73 Å². The van der Waals surface area contributed by atoms with E-state index < -0.39 is 0 Å². The number of aromatic nitrogens is 2. The number of rotatable bonds is 1. The van der Waals surface area contributed by atoms with Crippen molar-refractivity contribution in [1.82, 2.24) is 9.55 Å². The second kappa shape index (κ2) is 3.76. The molecule has 1 aliphatic heterocycles. The van der Waals surface area contributed by atoms with Crippen molar-refractivity contribution in [3.05, 3.63) is 29.8 Å². The number of imidazole rings is 1. The Bertz CT molecular complexity index is 610. The van der Waals surface area contributed by atoms with Crippen LogP contribution in [-0.4, -0.2) is 28.8 Å². The first-order valence-corrected chi connectivity index (χ1v) is 5.98. The van der Waals surface area contributed by atoms with Crippen molar-refractivity contribution in [3.8, 4) is 0 Å². The molecular formula is C13H16FN3O. The van der Waals surface area contributed by atoms with Gasteiger partial charge in [-0.1, -0.05) is 0 Å². The molecule has 2 aromatic rings. The fourth-order valence-electron chi connectivity index (χ4n) is 2.60. The lowest BCUT2D eigenvalue weighted by molar-refractivity contribution is 0.177. The molecule has 0 spiro atoms. The molecule has 1 saturated heterocycles. The Morgan fingerprint density at radius 1 is 1.56 bits per heavy atom. The van der Waals surface area contributed by atoms with Crippen LogP contribution >= 0.6 is 0 Å². The van der Waals surface area contributed by atoms with Gasteiger partial charge in [0.05, 0.1) is 29.7 Å². The summed E-state index contributed by atoms with van der Waals surface area (Å²) in [5, 5.41) is 0. The molecule has 0 saturated carbocycles. The van der Waals surface area contributed by atoms with E-state index in [9.17, 15) is 4.39 Å². The smallest absolute Gasteiger partial charge is 0.125 e. The van der Waals surface area contributed by atoms with E-state index in [1.165, 1.54) is 12.1 Å². The van der Waals surface area contributed by atoms with Gasteiger partial charge in [-0.15, -0.1) is 0 Å². The summed E-state index contributed by atoms with van der Waals surface area (Å²) in [7, 11) is 1.93. The highest BCUT2D eigenvalue weighted by atomic mass is 19.1. The molecule has 2 N–H and O–H groups in total. The molecule has 2 unspecified atom stereocenters. The molecule has 18 heavy (non-hydrogen) atoms. The number of hydrogen-bond donors (Lipinski definition) is 1. The molecule has 0 aliphatic carbocycles. The summed E-state index contributed by atoms with van der Waals surface area (Å²) in [4.78, 5) is 4.54. The van der Waals surface area contributed by atoms with Crippen LogP contribution in [0.25, 0.3) is 11.0 Å². The SMILES string of the molecule is Cn1c(C2(C)COCC2N)nc2cc(F)ccc21. The van der Waals surface area contributed by atoms with E-state index in [0.717, 1.165) is 11.3 Å².